The predicted molar refractivity (Wildman–Crippen MR) is 63.6 cm³/mol. The molecule has 5 heteroatoms. The smallest absolute Gasteiger partial charge is 0.150 e. The maximum atomic E-state index is 4.59. The number of aromatic nitrogens is 5. The van der Waals surface area contributed by atoms with Gasteiger partial charge in [0.25, 0.3) is 0 Å². The van der Waals surface area contributed by atoms with E-state index in [2.05, 4.69) is 19.9 Å². The number of hydrogen-bond acceptors (Lipinski definition) is 4. The molecule has 4 aromatic heterocycles. The van der Waals surface area contributed by atoms with Gasteiger partial charge in [0.05, 0.1) is 28.1 Å². The van der Waals surface area contributed by atoms with Gasteiger partial charge in [-0.05, 0) is 12.1 Å². The summed E-state index contributed by atoms with van der Waals surface area (Å²) in [5.74, 6) is 0. The predicted octanol–water partition coefficient (Wildman–Crippen LogP) is 1.83. The van der Waals surface area contributed by atoms with Crippen LogP contribution in [0.25, 0.3) is 27.6 Å². The first-order valence-corrected chi connectivity index (χ1v) is 5.24. The summed E-state index contributed by atoms with van der Waals surface area (Å²) in [6, 6.07) is 3.78. The Hall–Kier alpha value is -2.56. The molecule has 5 nitrogen and oxygen atoms in total. The number of nitrogens with zero attached hydrogens (tertiary/aromatic N) is 5. The van der Waals surface area contributed by atoms with Crippen molar-refractivity contribution in [2.24, 2.45) is 0 Å². The number of fused-ring (bicyclic) bond motifs is 5. The number of pyridine rings is 2. The molecule has 17 heavy (non-hydrogen) atoms. The van der Waals surface area contributed by atoms with E-state index >= 15 is 0 Å². The SMILES string of the molecule is c1cc2ncn3c4cnccc4nc3c2cn1. The van der Waals surface area contributed by atoms with Gasteiger partial charge in [0.2, 0.25) is 0 Å². The van der Waals surface area contributed by atoms with Crippen LogP contribution in [0.1, 0.15) is 0 Å². The summed E-state index contributed by atoms with van der Waals surface area (Å²) in [4.78, 5) is 17.2. The van der Waals surface area contributed by atoms with Crippen LogP contribution < -0.4 is 0 Å². The van der Waals surface area contributed by atoms with E-state index in [-0.39, 0.29) is 0 Å². The first kappa shape index (κ1) is 8.58. The highest BCUT2D eigenvalue weighted by Crippen LogP contribution is 2.20. The van der Waals surface area contributed by atoms with Gasteiger partial charge in [-0.25, -0.2) is 9.97 Å². The van der Waals surface area contributed by atoms with Crippen LogP contribution in [0, 0.1) is 0 Å². The highest BCUT2D eigenvalue weighted by molar-refractivity contribution is 5.95. The molecule has 0 N–H and O–H groups in total. The summed E-state index contributed by atoms with van der Waals surface area (Å²) in [5, 5.41) is 0.950. The number of rotatable bonds is 0. The van der Waals surface area contributed by atoms with Crippen molar-refractivity contribution in [3.63, 3.8) is 0 Å². The average Bonchev–Trinajstić information content (AvgIpc) is 2.78. The summed E-state index contributed by atoms with van der Waals surface area (Å²) in [7, 11) is 0. The second-order valence-electron chi connectivity index (χ2n) is 3.81. The van der Waals surface area contributed by atoms with Gasteiger partial charge in [-0.15, -0.1) is 0 Å². The standard InChI is InChI=1S/C12H7N5/c1-3-13-5-8-9(1)15-7-17-11-6-14-4-2-10(11)16-12(8)17/h1-7H. The average molecular weight is 221 g/mol. The zero-order chi connectivity index (χ0) is 11.2. The largest absolute Gasteiger partial charge is 0.281 e. The van der Waals surface area contributed by atoms with Crippen molar-refractivity contribution >= 4 is 27.6 Å². The lowest BCUT2D eigenvalue weighted by atomic mass is 10.3. The van der Waals surface area contributed by atoms with Gasteiger partial charge in [0.15, 0.2) is 0 Å². The maximum Gasteiger partial charge on any atom is 0.150 e. The minimum atomic E-state index is 0.867. The summed E-state index contributed by atoms with van der Waals surface area (Å²) in [6.45, 7) is 0. The Morgan fingerprint density at radius 1 is 0.941 bits per heavy atom. The normalized spacial score (nSPS) is 11.5. The van der Waals surface area contributed by atoms with Gasteiger partial charge in [0, 0.05) is 18.6 Å². The van der Waals surface area contributed by atoms with Gasteiger partial charge >= 0.3 is 0 Å². The fraction of sp³-hybridized carbons (Fsp3) is 0. The molecule has 0 saturated heterocycles. The minimum Gasteiger partial charge on any atom is -0.281 e. The molecular weight excluding hydrogens is 214 g/mol. The van der Waals surface area contributed by atoms with Crippen LogP contribution in [-0.4, -0.2) is 24.3 Å². The third-order valence-electron chi connectivity index (χ3n) is 2.84. The summed E-state index contributed by atoms with van der Waals surface area (Å²) < 4.78 is 1.94. The van der Waals surface area contributed by atoms with E-state index in [9.17, 15) is 0 Å². The Labute approximate surface area is 95.8 Å². The summed E-state index contributed by atoms with van der Waals surface area (Å²) in [6.07, 6.45) is 8.82. The van der Waals surface area contributed by atoms with Gasteiger partial charge in [-0.3, -0.25) is 14.4 Å². The van der Waals surface area contributed by atoms with E-state index in [1.54, 1.807) is 31.1 Å². The molecule has 0 atom stereocenters. The lowest BCUT2D eigenvalue weighted by molar-refractivity contribution is 1.14. The summed E-state index contributed by atoms with van der Waals surface area (Å²) >= 11 is 0. The third-order valence-corrected chi connectivity index (χ3v) is 2.84. The van der Waals surface area contributed by atoms with E-state index in [1.807, 2.05) is 16.5 Å². The Balaban J connectivity index is 2.34. The fourth-order valence-electron chi connectivity index (χ4n) is 2.04. The molecule has 0 aliphatic rings. The van der Waals surface area contributed by atoms with Crippen LogP contribution in [-0.2, 0) is 0 Å². The Morgan fingerprint density at radius 2 is 1.76 bits per heavy atom. The van der Waals surface area contributed by atoms with Crippen LogP contribution in [0.15, 0.2) is 43.2 Å². The van der Waals surface area contributed by atoms with Crippen LogP contribution in [0.4, 0.5) is 0 Å². The molecule has 0 radical (unpaired) electrons. The van der Waals surface area contributed by atoms with Crippen molar-refractivity contribution in [1.29, 1.82) is 0 Å². The van der Waals surface area contributed by atoms with E-state index in [4.69, 9.17) is 0 Å². The molecule has 0 saturated carbocycles. The molecule has 0 amide bonds. The van der Waals surface area contributed by atoms with Crippen LogP contribution in [0.5, 0.6) is 0 Å². The van der Waals surface area contributed by atoms with Gasteiger partial charge in [-0.2, -0.15) is 0 Å². The summed E-state index contributed by atoms with van der Waals surface area (Å²) in [5.41, 5.74) is 3.64. The Bertz CT molecular complexity index is 849. The molecule has 80 valence electrons. The molecule has 0 fully saturated rings. The molecule has 4 heterocycles. The zero-order valence-electron chi connectivity index (χ0n) is 8.78. The van der Waals surface area contributed by atoms with Crippen molar-refractivity contribution in [2.75, 3.05) is 0 Å². The van der Waals surface area contributed by atoms with Crippen molar-refractivity contribution < 1.29 is 0 Å². The maximum absolute atomic E-state index is 4.59. The molecule has 0 aliphatic carbocycles. The molecule has 0 spiro atoms. The Kier molecular flexibility index (Phi) is 1.50. The number of imidazole rings is 1. The monoisotopic (exact) mass is 221 g/mol. The van der Waals surface area contributed by atoms with Crippen molar-refractivity contribution in [1.82, 2.24) is 24.3 Å². The molecule has 0 bridgehead atoms. The molecule has 0 aromatic carbocycles. The van der Waals surface area contributed by atoms with Gasteiger partial charge in [-0.1, -0.05) is 0 Å². The van der Waals surface area contributed by atoms with Crippen LogP contribution in [0.3, 0.4) is 0 Å². The highest BCUT2D eigenvalue weighted by atomic mass is 15.1. The lowest BCUT2D eigenvalue weighted by Crippen LogP contribution is -1.90. The lowest BCUT2D eigenvalue weighted by Gasteiger charge is -1.98. The second-order valence-corrected chi connectivity index (χ2v) is 3.81. The van der Waals surface area contributed by atoms with Crippen LogP contribution in [0.2, 0.25) is 0 Å². The highest BCUT2D eigenvalue weighted by Gasteiger charge is 2.07. The third kappa shape index (κ3) is 1.08. The molecule has 0 aliphatic heterocycles. The number of hydrogen-bond donors (Lipinski definition) is 0. The molecular formula is C12H7N5. The van der Waals surface area contributed by atoms with Gasteiger partial charge in [0.1, 0.15) is 12.0 Å². The topological polar surface area (TPSA) is 56.0 Å². The molecule has 4 aromatic rings. The first-order chi connectivity index (χ1) is 8.43. The van der Waals surface area contributed by atoms with E-state index < -0.39 is 0 Å². The fourth-order valence-corrected chi connectivity index (χ4v) is 2.04. The quantitative estimate of drug-likeness (QED) is 0.454. The zero-order valence-corrected chi connectivity index (χ0v) is 8.78. The first-order valence-electron chi connectivity index (χ1n) is 5.24. The van der Waals surface area contributed by atoms with E-state index in [0.29, 0.717) is 0 Å². The van der Waals surface area contributed by atoms with E-state index in [0.717, 1.165) is 27.6 Å². The second kappa shape index (κ2) is 2.98. The van der Waals surface area contributed by atoms with Crippen molar-refractivity contribution in [3.8, 4) is 0 Å². The molecule has 4 rings (SSSR count). The van der Waals surface area contributed by atoms with Crippen molar-refractivity contribution in [3.05, 3.63) is 43.2 Å². The van der Waals surface area contributed by atoms with Crippen molar-refractivity contribution in [2.45, 2.75) is 0 Å². The Morgan fingerprint density at radius 3 is 2.71 bits per heavy atom. The molecule has 0 unspecified atom stereocenters. The minimum absolute atomic E-state index is 0.867. The van der Waals surface area contributed by atoms with Crippen LogP contribution >= 0.6 is 0 Å². The van der Waals surface area contributed by atoms with Gasteiger partial charge < -0.3 is 0 Å². The van der Waals surface area contributed by atoms with E-state index in [1.165, 1.54) is 0 Å².